The zero-order valence-corrected chi connectivity index (χ0v) is 15.5. The zero-order valence-electron chi connectivity index (χ0n) is 13.9. The molecular formula is C17H16ClF2NO4S. The maximum atomic E-state index is 14.2. The van der Waals surface area contributed by atoms with E-state index in [-0.39, 0.29) is 4.90 Å². The molecule has 26 heavy (non-hydrogen) atoms. The van der Waals surface area contributed by atoms with Crippen molar-refractivity contribution in [3.8, 4) is 0 Å². The van der Waals surface area contributed by atoms with Crippen LogP contribution in [0.15, 0.2) is 47.4 Å². The van der Waals surface area contributed by atoms with Crippen LogP contribution in [0.1, 0.15) is 13.8 Å². The molecule has 0 spiro atoms. The highest BCUT2D eigenvalue weighted by Gasteiger charge is 2.30. The topological polar surface area (TPSA) is 63.7 Å². The number of anilines is 1. The second kappa shape index (κ2) is 8.01. The van der Waals surface area contributed by atoms with E-state index in [9.17, 15) is 22.0 Å². The number of benzene rings is 2. The van der Waals surface area contributed by atoms with E-state index >= 15 is 0 Å². The van der Waals surface area contributed by atoms with Gasteiger partial charge in [0.1, 0.15) is 18.2 Å². The molecule has 0 aliphatic carbocycles. The first-order valence-corrected chi connectivity index (χ1v) is 9.36. The van der Waals surface area contributed by atoms with Crippen LogP contribution in [0, 0.1) is 11.6 Å². The van der Waals surface area contributed by atoms with Gasteiger partial charge in [0.05, 0.1) is 16.7 Å². The summed E-state index contributed by atoms with van der Waals surface area (Å²) in [7, 11) is -4.33. The Balaban J connectivity index is 2.52. The molecule has 0 unspecified atom stereocenters. The standard InChI is InChI=1S/C17H16ClF2NO4S/c1-11(2)25-17(22)10-21(16-8-5-13(19)9-15(16)20)26(23,24)14-6-3-12(18)4-7-14/h3-9,11H,10H2,1-2H3. The highest BCUT2D eigenvalue weighted by molar-refractivity contribution is 7.92. The van der Waals surface area contributed by atoms with E-state index < -0.39 is 46.0 Å². The van der Waals surface area contributed by atoms with Gasteiger partial charge in [0.15, 0.2) is 0 Å². The Hall–Kier alpha value is -2.19. The molecule has 0 amide bonds. The molecule has 0 heterocycles. The van der Waals surface area contributed by atoms with E-state index in [2.05, 4.69) is 0 Å². The number of hydrogen-bond donors (Lipinski definition) is 0. The Morgan fingerprint density at radius 1 is 1.15 bits per heavy atom. The minimum Gasteiger partial charge on any atom is -0.462 e. The van der Waals surface area contributed by atoms with Gasteiger partial charge in [-0.1, -0.05) is 11.6 Å². The molecule has 2 aromatic rings. The van der Waals surface area contributed by atoms with Crippen molar-refractivity contribution in [2.45, 2.75) is 24.8 Å². The number of carbonyl (C=O) groups is 1. The summed E-state index contributed by atoms with van der Waals surface area (Å²) in [4.78, 5) is 11.8. The van der Waals surface area contributed by atoms with Crippen molar-refractivity contribution in [3.05, 3.63) is 59.1 Å². The fourth-order valence-corrected chi connectivity index (χ4v) is 3.68. The van der Waals surface area contributed by atoms with E-state index in [1.807, 2.05) is 0 Å². The number of esters is 1. The molecule has 0 N–H and O–H groups in total. The quantitative estimate of drug-likeness (QED) is 0.689. The number of rotatable bonds is 6. The lowest BCUT2D eigenvalue weighted by molar-refractivity contribution is -0.145. The summed E-state index contributed by atoms with van der Waals surface area (Å²) in [6.45, 7) is 2.41. The number of hydrogen-bond acceptors (Lipinski definition) is 4. The van der Waals surface area contributed by atoms with Gasteiger partial charge in [-0.2, -0.15) is 0 Å². The average Bonchev–Trinajstić information content (AvgIpc) is 2.53. The molecule has 0 fully saturated rings. The van der Waals surface area contributed by atoms with Gasteiger partial charge >= 0.3 is 5.97 Å². The molecule has 0 radical (unpaired) electrons. The van der Waals surface area contributed by atoms with Crippen LogP contribution in [0.2, 0.25) is 5.02 Å². The van der Waals surface area contributed by atoms with Crippen molar-refractivity contribution < 1.29 is 26.7 Å². The Morgan fingerprint density at radius 2 is 1.77 bits per heavy atom. The Labute approximate surface area is 155 Å². The lowest BCUT2D eigenvalue weighted by atomic mass is 10.3. The summed E-state index contributed by atoms with van der Waals surface area (Å²) in [5.41, 5.74) is -0.470. The van der Waals surface area contributed by atoms with Crippen molar-refractivity contribution in [3.63, 3.8) is 0 Å². The summed E-state index contributed by atoms with van der Waals surface area (Å²) in [6, 6.07) is 7.52. The van der Waals surface area contributed by atoms with Crippen LogP contribution in [0.5, 0.6) is 0 Å². The number of sulfonamides is 1. The lowest BCUT2D eigenvalue weighted by Crippen LogP contribution is -2.37. The summed E-state index contributed by atoms with van der Waals surface area (Å²) in [5, 5.41) is 0.308. The fraction of sp³-hybridized carbons (Fsp3) is 0.235. The van der Waals surface area contributed by atoms with E-state index in [0.29, 0.717) is 15.4 Å². The molecule has 0 aromatic heterocycles. The van der Waals surface area contributed by atoms with Crippen LogP contribution >= 0.6 is 11.6 Å². The molecule has 2 rings (SSSR count). The van der Waals surface area contributed by atoms with Crippen LogP contribution in [0.3, 0.4) is 0 Å². The molecule has 0 aliphatic rings. The largest absolute Gasteiger partial charge is 0.462 e. The van der Waals surface area contributed by atoms with E-state index in [0.717, 1.165) is 12.1 Å². The Morgan fingerprint density at radius 3 is 2.31 bits per heavy atom. The molecule has 2 aromatic carbocycles. The van der Waals surface area contributed by atoms with E-state index in [1.165, 1.54) is 24.3 Å². The summed E-state index contributed by atoms with van der Waals surface area (Å²) in [6.07, 6.45) is -0.486. The highest BCUT2D eigenvalue weighted by atomic mass is 35.5. The summed E-state index contributed by atoms with van der Waals surface area (Å²) >= 11 is 5.76. The average molecular weight is 404 g/mol. The normalized spacial score (nSPS) is 11.5. The van der Waals surface area contributed by atoms with Crippen molar-refractivity contribution in [2.75, 3.05) is 10.8 Å². The van der Waals surface area contributed by atoms with Gasteiger partial charge in [-0.05, 0) is 50.2 Å². The number of nitrogens with zero attached hydrogens (tertiary/aromatic N) is 1. The Kier molecular flexibility index (Phi) is 6.20. The number of carbonyl (C=O) groups excluding carboxylic acids is 1. The zero-order chi connectivity index (χ0) is 19.5. The smallest absolute Gasteiger partial charge is 0.327 e. The Bertz CT molecular complexity index is 901. The molecule has 0 bridgehead atoms. The van der Waals surface area contributed by atoms with Crippen LogP contribution in [0.25, 0.3) is 0 Å². The monoisotopic (exact) mass is 403 g/mol. The van der Waals surface area contributed by atoms with Gasteiger partial charge < -0.3 is 4.74 Å². The minimum absolute atomic E-state index is 0.206. The van der Waals surface area contributed by atoms with Gasteiger partial charge in [-0.25, -0.2) is 17.2 Å². The van der Waals surface area contributed by atoms with Gasteiger partial charge in [-0.15, -0.1) is 0 Å². The van der Waals surface area contributed by atoms with Gasteiger partial charge in [0, 0.05) is 11.1 Å². The molecule has 0 aliphatic heterocycles. The second-order valence-electron chi connectivity index (χ2n) is 5.60. The third kappa shape index (κ3) is 4.70. The molecule has 0 atom stereocenters. The van der Waals surface area contributed by atoms with Crippen LogP contribution in [-0.2, 0) is 19.6 Å². The number of ether oxygens (including phenoxy) is 1. The van der Waals surface area contributed by atoms with Crippen molar-refractivity contribution >= 4 is 33.3 Å². The van der Waals surface area contributed by atoms with Crippen molar-refractivity contribution in [1.29, 1.82) is 0 Å². The van der Waals surface area contributed by atoms with Crippen molar-refractivity contribution in [2.24, 2.45) is 0 Å². The second-order valence-corrected chi connectivity index (χ2v) is 7.90. The lowest BCUT2D eigenvalue weighted by Gasteiger charge is -2.24. The van der Waals surface area contributed by atoms with Crippen molar-refractivity contribution in [1.82, 2.24) is 0 Å². The van der Waals surface area contributed by atoms with E-state index in [1.54, 1.807) is 13.8 Å². The maximum absolute atomic E-state index is 14.2. The van der Waals surface area contributed by atoms with Crippen LogP contribution < -0.4 is 4.31 Å². The number of halogens is 3. The minimum atomic E-state index is -4.33. The third-order valence-corrected chi connectivity index (χ3v) is 5.25. The summed E-state index contributed by atoms with van der Waals surface area (Å²) in [5.74, 6) is -2.87. The van der Waals surface area contributed by atoms with E-state index in [4.69, 9.17) is 16.3 Å². The highest BCUT2D eigenvalue weighted by Crippen LogP contribution is 2.27. The van der Waals surface area contributed by atoms with Gasteiger partial charge in [0.25, 0.3) is 10.0 Å². The maximum Gasteiger partial charge on any atom is 0.327 e. The predicted octanol–water partition coefficient (Wildman–Crippen LogP) is 3.77. The summed E-state index contributed by atoms with van der Waals surface area (Å²) < 4.78 is 58.7. The molecular weight excluding hydrogens is 388 g/mol. The molecule has 9 heteroatoms. The SMILES string of the molecule is CC(C)OC(=O)CN(c1ccc(F)cc1F)S(=O)(=O)c1ccc(Cl)cc1. The first-order chi connectivity index (χ1) is 12.1. The first-order valence-electron chi connectivity index (χ1n) is 7.54. The molecule has 0 saturated heterocycles. The molecule has 5 nitrogen and oxygen atoms in total. The first kappa shape index (κ1) is 20.1. The fourth-order valence-electron chi connectivity index (χ4n) is 2.13. The predicted molar refractivity (Wildman–Crippen MR) is 93.6 cm³/mol. The van der Waals surface area contributed by atoms with Gasteiger partial charge in [0.2, 0.25) is 0 Å². The third-order valence-electron chi connectivity index (χ3n) is 3.22. The van der Waals surface area contributed by atoms with Gasteiger partial charge in [-0.3, -0.25) is 9.10 Å². The van der Waals surface area contributed by atoms with Crippen LogP contribution in [-0.4, -0.2) is 27.0 Å². The van der Waals surface area contributed by atoms with Crippen LogP contribution in [0.4, 0.5) is 14.5 Å². The molecule has 140 valence electrons. The molecule has 0 saturated carbocycles.